The lowest BCUT2D eigenvalue weighted by atomic mass is 10.2. The van der Waals surface area contributed by atoms with Crippen LogP contribution in [0.2, 0.25) is 0 Å². The number of nitrogens with two attached hydrogens (primary N) is 1. The van der Waals surface area contributed by atoms with E-state index in [1.165, 1.54) is 16.8 Å². The Labute approximate surface area is 100.0 Å². The third-order valence-corrected chi connectivity index (χ3v) is 3.17. The number of hydrogen-bond acceptors (Lipinski definition) is 5. The highest BCUT2D eigenvalue weighted by atomic mass is 32.2. The van der Waals surface area contributed by atoms with E-state index in [4.69, 9.17) is 5.73 Å². The molecule has 2 N–H and O–H groups in total. The summed E-state index contributed by atoms with van der Waals surface area (Å²) in [6.07, 6.45) is -2.58. The van der Waals surface area contributed by atoms with Crippen molar-refractivity contribution in [3.63, 3.8) is 0 Å². The molecule has 0 radical (unpaired) electrons. The molecule has 0 aliphatic heterocycles. The van der Waals surface area contributed by atoms with Crippen LogP contribution in [0, 0.1) is 0 Å². The number of anilines is 1. The second kappa shape index (κ2) is 4.66. The Morgan fingerprint density at radius 1 is 1.41 bits per heavy atom. The standard InChI is InChI=1S/C9H9F2N5S/c1-16-9(13-14-15-16)17-7-3-2-5(12)4-6(7)8(10)11/h2-4,8H,12H2,1H3. The highest BCUT2D eigenvalue weighted by Gasteiger charge is 2.16. The molecule has 1 aromatic carbocycles. The largest absolute Gasteiger partial charge is 0.399 e. The Morgan fingerprint density at radius 2 is 2.18 bits per heavy atom. The zero-order valence-electron chi connectivity index (χ0n) is 8.84. The van der Waals surface area contributed by atoms with Gasteiger partial charge in [0.05, 0.1) is 0 Å². The van der Waals surface area contributed by atoms with E-state index in [-0.39, 0.29) is 5.56 Å². The van der Waals surface area contributed by atoms with Gasteiger partial charge in [-0.3, -0.25) is 0 Å². The number of aromatic nitrogens is 4. The second-order valence-electron chi connectivity index (χ2n) is 3.29. The van der Waals surface area contributed by atoms with E-state index in [2.05, 4.69) is 15.5 Å². The zero-order chi connectivity index (χ0) is 12.4. The highest BCUT2D eigenvalue weighted by Crippen LogP contribution is 2.34. The summed E-state index contributed by atoms with van der Waals surface area (Å²) in [6, 6.07) is 4.37. The smallest absolute Gasteiger partial charge is 0.265 e. The van der Waals surface area contributed by atoms with Gasteiger partial charge in [-0.2, -0.15) is 0 Å². The van der Waals surface area contributed by atoms with Crippen LogP contribution >= 0.6 is 11.8 Å². The lowest BCUT2D eigenvalue weighted by molar-refractivity contribution is 0.148. The van der Waals surface area contributed by atoms with Crippen LogP contribution < -0.4 is 5.73 Å². The average molecular weight is 257 g/mol. The first-order chi connectivity index (χ1) is 8.08. The third kappa shape index (κ3) is 2.52. The molecule has 0 aliphatic rings. The molecule has 2 rings (SSSR count). The summed E-state index contributed by atoms with van der Waals surface area (Å²) in [7, 11) is 1.64. The van der Waals surface area contributed by atoms with Gasteiger partial charge >= 0.3 is 0 Å². The minimum absolute atomic E-state index is 0.113. The van der Waals surface area contributed by atoms with Crippen molar-refractivity contribution in [3.05, 3.63) is 23.8 Å². The zero-order valence-corrected chi connectivity index (χ0v) is 9.66. The number of alkyl halides is 2. The monoisotopic (exact) mass is 257 g/mol. The van der Waals surface area contributed by atoms with E-state index >= 15 is 0 Å². The van der Waals surface area contributed by atoms with Crippen LogP contribution in [-0.4, -0.2) is 20.2 Å². The SMILES string of the molecule is Cn1nnnc1Sc1ccc(N)cc1C(F)F. The molecule has 1 heterocycles. The lowest BCUT2D eigenvalue weighted by Crippen LogP contribution is -1.96. The van der Waals surface area contributed by atoms with Gasteiger partial charge in [-0.15, -0.1) is 5.10 Å². The predicted octanol–water partition coefficient (Wildman–Crippen LogP) is 1.88. The quantitative estimate of drug-likeness (QED) is 0.850. The van der Waals surface area contributed by atoms with Crippen LogP contribution in [0.5, 0.6) is 0 Å². The number of halogens is 2. The van der Waals surface area contributed by atoms with Crippen LogP contribution in [0.25, 0.3) is 0 Å². The Morgan fingerprint density at radius 3 is 2.76 bits per heavy atom. The molecule has 90 valence electrons. The molecular weight excluding hydrogens is 248 g/mol. The number of hydrogen-bond donors (Lipinski definition) is 1. The van der Waals surface area contributed by atoms with Gasteiger partial charge in [-0.25, -0.2) is 13.5 Å². The van der Waals surface area contributed by atoms with Crippen molar-refractivity contribution in [2.45, 2.75) is 16.5 Å². The summed E-state index contributed by atoms with van der Waals surface area (Å²) >= 11 is 1.08. The van der Waals surface area contributed by atoms with Gasteiger partial charge in [0.15, 0.2) is 0 Å². The predicted molar refractivity (Wildman–Crippen MR) is 58.7 cm³/mol. The molecule has 0 atom stereocenters. The molecule has 1 aromatic heterocycles. The fraction of sp³-hybridized carbons (Fsp3) is 0.222. The van der Waals surface area contributed by atoms with E-state index in [1.807, 2.05) is 0 Å². The van der Waals surface area contributed by atoms with Gasteiger partial charge in [0.1, 0.15) is 0 Å². The van der Waals surface area contributed by atoms with Gasteiger partial charge in [0, 0.05) is 23.2 Å². The van der Waals surface area contributed by atoms with Crippen LogP contribution in [0.15, 0.2) is 28.3 Å². The molecule has 0 saturated carbocycles. The third-order valence-electron chi connectivity index (χ3n) is 2.05. The number of benzene rings is 1. The molecule has 17 heavy (non-hydrogen) atoms. The summed E-state index contributed by atoms with van der Waals surface area (Å²) in [4.78, 5) is 0.395. The maximum Gasteiger partial charge on any atom is 0.265 e. The van der Waals surface area contributed by atoms with Crippen LogP contribution in [0.1, 0.15) is 12.0 Å². The molecule has 0 saturated heterocycles. The van der Waals surface area contributed by atoms with Crippen LogP contribution in [-0.2, 0) is 7.05 Å². The summed E-state index contributed by atoms with van der Waals surface area (Å²) in [6.45, 7) is 0. The molecule has 0 spiro atoms. The van der Waals surface area contributed by atoms with Crippen molar-refractivity contribution in [1.82, 2.24) is 20.2 Å². The summed E-state index contributed by atoms with van der Waals surface area (Å²) in [5.74, 6) is 0. The van der Waals surface area contributed by atoms with Crippen molar-refractivity contribution in [1.29, 1.82) is 0 Å². The average Bonchev–Trinajstić information content (AvgIpc) is 2.67. The van der Waals surface area contributed by atoms with Gasteiger partial charge in [-0.1, -0.05) is 0 Å². The van der Waals surface area contributed by atoms with Crippen LogP contribution in [0.3, 0.4) is 0 Å². The fourth-order valence-electron chi connectivity index (χ4n) is 1.24. The lowest BCUT2D eigenvalue weighted by Gasteiger charge is -2.08. The molecule has 0 amide bonds. The maximum atomic E-state index is 12.8. The molecule has 0 aliphatic carbocycles. The van der Waals surface area contributed by atoms with E-state index in [9.17, 15) is 8.78 Å². The topological polar surface area (TPSA) is 69.6 Å². The van der Waals surface area contributed by atoms with Crippen molar-refractivity contribution in [2.75, 3.05) is 5.73 Å². The summed E-state index contributed by atoms with van der Waals surface area (Å²) < 4.78 is 27.0. The first kappa shape index (κ1) is 11.8. The van der Waals surface area contributed by atoms with E-state index in [0.717, 1.165) is 11.8 Å². The van der Waals surface area contributed by atoms with Crippen molar-refractivity contribution in [2.24, 2.45) is 7.05 Å². The molecule has 5 nitrogen and oxygen atoms in total. The second-order valence-corrected chi connectivity index (χ2v) is 4.29. The Kier molecular flexibility index (Phi) is 3.23. The summed E-state index contributed by atoms with van der Waals surface area (Å²) in [5, 5.41) is 11.2. The summed E-state index contributed by atoms with van der Waals surface area (Å²) in [5.41, 5.74) is 5.67. The normalized spacial score (nSPS) is 11.1. The number of nitrogens with zero attached hydrogens (tertiary/aromatic N) is 4. The van der Waals surface area contributed by atoms with Crippen molar-refractivity contribution < 1.29 is 8.78 Å². The maximum absolute atomic E-state index is 12.8. The highest BCUT2D eigenvalue weighted by molar-refractivity contribution is 7.99. The first-order valence-corrected chi connectivity index (χ1v) is 5.47. The van der Waals surface area contributed by atoms with Gasteiger partial charge in [0.25, 0.3) is 6.43 Å². The molecule has 0 unspecified atom stereocenters. The van der Waals surface area contributed by atoms with Crippen molar-refractivity contribution in [3.8, 4) is 0 Å². The van der Waals surface area contributed by atoms with Gasteiger partial charge < -0.3 is 5.73 Å². The molecule has 0 bridgehead atoms. The Balaban J connectivity index is 2.36. The Bertz CT molecular complexity index is 528. The number of aryl methyl sites for hydroxylation is 1. The van der Waals surface area contributed by atoms with Crippen LogP contribution in [0.4, 0.5) is 14.5 Å². The molecular formula is C9H9F2N5S. The minimum atomic E-state index is -2.58. The van der Waals surface area contributed by atoms with E-state index < -0.39 is 6.43 Å². The van der Waals surface area contributed by atoms with Gasteiger partial charge in [0.2, 0.25) is 5.16 Å². The minimum Gasteiger partial charge on any atom is -0.399 e. The van der Waals surface area contributed by atoms with E-state index in [1.54, 1.807) is 13.1 Å². The fourth-order valence-corrected chi connectivity index (χ4v) is 2.08. The number of tetrazole rings is 1. The molecule has 8 heteroatoms. The van der Waals surface area contributed by atoms with Gasteiger partial charge in [-0.05, 0) is 40.4 Å². The number of nitrogen functional groups attached to an aromatic ring is 1. The number of rotatable bonds is 3. The molecule has 0 fully saturated rings. The first-order valence-electron chi connectivity index (χ1n) is 4.65. The molecule has 2 aromatic rings. The Hall–Kier alpha value is -1.70. The van der Waals surface area contributed by atoms with E-state index in [0.29, 0.717) is 15.7 Å². The van der Waals surface area contributed by atoms with Crippen molar-refractivity contribution >= 4 is 17.4 Å².